The molecule has 20 heavy (non-hydrogen) atoms. The Labute approximate surface area is 126 Å². The summed E-state index contributed by atoms with van der Waals surface area (Å²) in [5.41, 5.74) is 1.57. The number of aromatic nitrogens is 1. The van der Waals surface area contributed by atoms with Crippen molar-refractivity contribution >= 4 is 40.1 Å². The Bertz CT molecular complexity index is 658. The lowest BCUT2D eigenvalue weighted by Crippen LogP contribution is -2.08. The molecule has 0 aliphatic rings. The molecule has 0 N–H and O–H groups in total. The van der Waals surface area contributed by atoms with E-state index in [1.54, 1.807) is 25.1 Å². The minimum absolute atomic E-state index is 0.219. The van der Waals surface area contributed by atoms with Crippen LogP contribution in [0.5, 0.6) is 5.75 Å². The SMILES string of the molecule is CCOC(=O)c1cc(CCl)c2cc(OC)c(Cl)cc2n1. The number of benzene rings is 1. The second-order valence-electron chi connectivity index (χ2n) is 4.02. The van der Waals surface area contributed by atoms with Gasteiger partial charge in [-0.15, -0.1) is 11.6 Å². The van der Waals surface area contributed by atoms with E-state index >= 15 is 0 Å². The van der Waals surface area contributed by atoms with Crippen LogP contribution in [0.3, 0.4) is 0 Å². The topological polar surface area (TPSA) is 48.4 Å². The van der Waals surface area contributed by atoms with Gasteiger partial charge in [-0.25, -0.2) is 9.78 Å². The van der Waals surface area contributed by atoms with Gasteiger partial charge >= 0.3 is 5.97 Å². The summed E-state index contributed by atoms with van der Waals surface area (Å²) in [4.78, 5) is 16.0. The fourth-order valence-corrected chi connectivity index (χ4v) is 2.33. The number of alkyl halides is 1. The minimum Gasteiger partial charge on any atom is -0.495 e. The molecule has 0 amide bonds. The highest BCUT2D eigenvalue weighted by Gasteiger charge is 2.14. The van der Waals surface area contributed by atoms with E-state index in [0.29, 0.717) is 16.3 Å². The molecular weight excluding hydrogens is 301 g/mol. The zero-order valence-corrected chi connectivity index (χ0v) is 12.6. The van der Waals surface area contributed by atoms with Crippen molar-refractivity contribution in [2.75, 3.05) is 13.7 Å². The van der Waals surface area contributed by atoms with Gasteiger partial charge in [0.2, 0.25) is 0 Å². The van der Waals surface area contributed by atoms with Crippen molar-refractivity contribution in [2.24, 2.45) is 0 Å². The highest BCUT2D eigenvalue weighted by molar-refractivity contribution is 6.32. The minimum atomic E-state index is -0.479. The van der Waals surface area contributed by atoms with Crippen molar-refractivity contribution in [1.82, 2.24) is 4.98 Å². The molecule has 0 aliphatic carbocycles. The summed E-state index contributed by atoms with van der Waals surface area (Å²) in [6, 6.07) is 5.03. The number of carbonyl (C=O) groups is 1. The summed E-state index contributed by atoms with van der Waals surface area (Å²) >= 11 is 12.0. The summed E-state index contributed by atoms with van der Waals surface area (Å²) < 4.78 is 10.1. The van der Waals surface area contributed by atoms with Crippen LogP contribution in [0.4, 0.5) is 0 Å². The second kappa shape index (κ2) is 6.29. The van der Waals surface area contributed by atoms with Crippen LogP contribution in [0.1, 0.15) is 23.0 Å². The molecule has 0 aliphatic heterocycles. The third kappa shape index (κ3) is 2.81. The van der Waals surface area contributed by atoms with Crippen LogP contribution in [0.2, 0.25) is 5.02 Å². The lowest BCUT2D eigenvalue weighted by atomic mass is 10.1. The fraction of sp³-hybridized carbons (Fsp3) is 0.286. The Kier molecular flexibility index (Phi) is 4.68. The molecule has 1 aromatic heterocycles. The van der Waals surface area contributed by atoms with Gasteiger partial charge in [0.15, 0.2) is 0 Å². The van der Waals surface area contributed by atoms with E-state index in [1.165, 1.54) is 7.11 Å². The Morgan fingerprint density at radius 3 is 2.70 bits per heavy atom. The predicted molar refractivity (Wildman–Crippen MR) is 78.8 cm³/mol. The first kappa shape index (κ1) is 14.9. The van der Waals surface area contributed by atoms with Gasteiger partial charge in [0.1, 0.15) is 11.4 Å². The van der Waals surface area contributed by atoms with Crippen LogP contribution in [0.15, 0.2) is 18.2 Å². The normalized spacial score (nSPS) is 10.6. The number of carbonyl (C=O) groups excluding carboxylic acids is 1. The van der Waals surface area contributed by atoms with Crippen molar-refractivity contribution in [3.05, 3.63) is 34.5 Å². The van der Waals surface area contributed by atoms with Crippen molar-refractivity contribution in [3.63, 3.8) is 0 Å². The first-order valence-electron chi connectivity index (χ1n) is 6.01. The van der Waals surface area contributed by atoms with Gasteiger partial charge in [-0.2, -0.15) is 0 Å². The van der Waals surface area contributed by atoms with Crippen molar-refractivity contribution < 1.29 is 14.3 Å². The van der Waals surface area contributed by atoms with Gasteiger partial charge in [-0.1, -0.05) is 11.6 Å². The zero-order chi connectivity index (χ0) is 14.7. The molecule has 1 heterocycles. The number of fused-ring (bicyclic) bond motifs is 1. The Balaban J connectivity index is 2.64. The van der Waals surface area contributed by atoms with Crippen LogP contribution in [0.25, 0.3) is 10.9 Å². The number of pyridine rings is 1. The Hall–Kier alpha value is -1.52. The van der Waals surface area contributed by atoms with Crippen LogP contribution >= 0.6 is 23.2 Å². The number of ether oxygens (including phenoxy) is 2. The zero-order valence-electron chi connectivity index (χ0n) is 11.1. The average molecular weight is 314 g/mol. The number of hydrogen-bond donors (Lipinski definition) is 0. The van der Waals surface area contributed by atoms with Gasteiger partial charge in [0, 0.05) is 11.3 Å². The summed E-state index contributed by atoms with van der Waals surface area (Å²) in [6.45, 7) is 2.03. The van der Waals surface area contributed by atoms with E-state index in [4.69, 9.17) is 32.7 Å². The molecule has 0 fully saturated rings. The average Bonchev–Trinajstić information content (AvgIpc) is 2.45. The first-order chi connectivity index (χ1) is 9.60. The van der Waals surface area contributed by atoms with Gasteiger partial charge in [-0.05, 0) is 30.7 Å². The molecule has 106 valence electrons. The van der Waals surface area contributed by atoms with Crippen LogP contribution in [-0.4, -0.2) is 24.7 Å². The number of nitrogens with zero attached hydrogens (tertiary/aromatic N) is 1. The van der Waals surface area contributed by atoms with Crippen molar-refractivity contribution in [1.29, 1.82) is 0 Å². The molecule has 0 atom stereocenters. The number of hydrogen-bond acceptors (Lipinski definition) is 4. The molecule has 0 spiro atoms. The third-order valence-corrected chi connectivity index (χ3v) is 3.38. The van der Waals surface area contributed by atoms with Gasteiger partial charge in [-0.3, -0.25) is 0 Å². The maximum atomic E-state index is 11.8. The molecule has 0 bridgehead atoms. The molecule has 6 heteroatoms. The summed E-state index contributed by atoms with van der Waals surface area (Å²) in [6.07, 6.45) is 0. The van der Waals surface area contributed by atoms with E-state index in [-0.39, 0.29) is 18.2 Å². The van der Waals surface area contributed by atoms with Gasteiger partial charge in [0.25, 0.3) is 0 Å². The summed E-state index contributed by atoms with van der Waals surface area (Å²) in [5.74, 6) is 0.305. The Morgan fingerprint density at radius 1 is 1.35 bits per heavy atom. The number of halogens is 2. The van der Waals surface area contributed by atoms with E-state index in [0.717, 1.165) is 10.9 Å². The maximum Gasteiger partial charge on any atom is 0.356 e. The smallest absolute Gasteiger partial charge is 0.356 e. The first-order valence-corrected chi connectivity index (χ1v) is 6.92. The second-order valence-corrected chi connectivity index (χ2v) is 4.70. The van der Waals surface area contributed by atoms with E-state index in [1.807, 2.05) is 0 Å². The highest BCUT2D eigenvalue weighted by Crippen LogP contribution is 2.31. The monoisotopic (exact) mass is 313 g/mol. The molecule has 0 saturated heterocycles. The lowest BCUT2D eigenvalue weighted by molar-refractivity contribution is 0.0520. The molecule has 0 radical (unpaired) electrons. The van der Waals surface area contributed by atoms with E-state index < -0.39 is 5.97 Å². The van der Waals surface area contributed by atoms with Gasteiger partial charge < -0.3 is 9.47 Å². The standard InChI is InChI=1S/C14H13Cl2NO3/c1-3-20-14(18)12-4-8(7-15)9-5-13(19-2)10(16)6-11(9)17-12/h4-6H,3,7H2,1-2H3. The van der Waals surface area contributed by atoms with E-state index in [2.05, 4.69) is 4.98 Å². The molecule has 1 aromatic carbocycles. The third-order valence-electron chi connectivity index (χ3n) is 2.80. The van der Waals surface area contributed by atoms with Crippen molar-refractivity contribution in [3.8, 4) is 5.75 Å². The van der Waals surface area contributed by atoms with Crippen LogP contribution in [0, 0.1) is 0 Å². The molecule has 2 aromatic rings. The maximum absolute atomic E-state index is 11.8. The Morgan fingerprint density at radius 2 is 2.10 bits per heavy atom. The van der Waals surface area contributed by atoms with E-state index in [9.17, 15) is 4.79 Å². The summed E-state index contributed by atoms with van der Waals surface area (Å²) in [5, 5.41) is 1.23. The van der Waals surface area contributed by atoms with Gasteiger partial charge in [0.05, 0.1) is 24.3 Å². The summed E-state index contributed by atoms with van der Waals surface area (Å²) in [7, 11) is 1.54. The lowest BCUT2D eigenvalue weighted by Gasteiger charge is -2.10. The molecule has 4 nitrogen and oxygen atoms in total. The number of methoxy groups -OCH3 is 1. The quantitative estimate of drug-likeness (QED) is 0.636. The highest BCUT2D eigenvalue weighted by atomic mass is 35.5. The van der Waals surface area contributed by atoms with Crippen molar-refractivity contribution in [2.45, 2.75) is 12.8 Å². The number of rotatable bonds is 4. The predicted octanol–water partition coefficient (Wildman–Crippen LogP) is 3.81. The molecule has 0 unspecified atom stereocenters. The largest absolute Gasteiger partial charge is 0.495 e. The fourth-order valence-electron chi connectivity index (χ4n) is 1.87. The van der Waals surface area contributed by atoms with Crippen LogP contribution in [-0.2, 0) is 10.6 Å². The molecule has 2 rings (SSSR count). The van der Waals surface area contributed by atoms with Crippen LogP contribution < -0.4 is 4.74 Å². The molecule has 0 saturated carbocycles. The number of esters is 1. The molecular formula is C14H13Cl2NO3.